The smallest absolute Gasteiger partial charge is 0.308 e. The highest BCUT2D eigenvalue weighted by Crippen LogP contribution is 2.36. The lowest BCUT2D eigenvalue weighted by molar-refractivity contribution is -0.131. The predicted octanol–water partition coefficient (Wildman–Crippen LogP) is 3.82. The van der Waals surface area contributed by atoms with Gasteiger partial charge in [0.2, 0.25) is 5.91 Å². The number of fused-ring (bicyclic) bond motifs is 1. The molecule has 144 valence electrons. The molecule has 3 aromatic rings. The first-order valence-corrected chi connectivity index (χ1v) is 9.98. The van der Waals surface area contributed by atoms with Crippen molar-refractivity contribution >= 4 is 38.4 Å². The van der Waals surface area contributed by atoms with Crippen LogP contribution in [0.2, 0.25) is 0 Å². The molecule has 0 aromatic heterocycles. The van der Waals surface area contributed by atoms with Crippen LogP contribution in [0.25, 0.3) is 10.8 Å². The zero-order valence-electron chi connectivity index (χ0n) is 15.7. The van der Waals surface area contributed by atoms with E-state index in [9.17, 15) is 18.0 Å². The Hall–Kier alpha value is -3.19. The average Bonchev–Trinajstić information content (AvgIpc) is 2.63. The quantitative estimate of drug-likeness (QED) is 0.494. The van der Waals surface area contributed by atoms with Crippen LogP contribution < -0.4 is 9.04 Å². The molecule has 0 N–H and O–H groups in total. The number of hydrogen-bond donors (Lipinski definition) is 0. The first kappa shape index (κ1) is 19.6. The highest BCUT2D eigenvalue weighted by Gasteiger charge is 2.30. The Balaban J connectivity index is 2.24. The summed E-state index contributed by atoms with van der Waals surface area (Å²) in [6.45, 7) is 4.33. The average molecular weight is 397 g/mol. The van der Waals surface area contributed by atoms with E-state index in [4.69, 9.17) is 4.74 Å². The summed E-state index contributed by atoms with van der Waals surface area (Å²) in [5, 5.41) is 1.01. The fourth-order valence-corrected chi connectivity index (χ4v) is 4.41. The van der Waals surface area contributed by atoms with Gasteiger partial charge in [-0.15, -0.1) is 0 Å². The molecule has 3 rings (SSSR count). The summed E-state index contributed by atoms with van der Waals surface area (Å²) in [6, 6.07) is 16.1. The van der Waals surface area contributed by atoms with Gasteiger partial charge in [0.25, 0.3) is 10.0 Å². The zero-order valence-corrected chi connectivity index (χ0v) is 16.5. The predicted molar refractivity (Wildman–Crippen MR) is 107 cm³/mol. The number of benzene rings is 3. The third-order valence-corrected chi connectivity index (χ3v) is 5.98. The first-order valence-electron chi connectivity index (χ1n) is 8.54. The maximum Gasteiger partial charge on any atom is 0.308 e. The van der Waals surface area contributed by atoms with Gasteiger partial charge in [-0.1, -0.05) is 42.0 Å². The lowest BCUT2D eigenvalue weighted by Crippen LogP contribution is -2.35. The third-order valence-electron chi connectivity index (χ3n) is 4.18. The van der Waals surface area contributed by atoms with Gasteiger partial charge < -0.3 is 4.74 Å². The highest BCUT2D eigenvalue weighted by molar-refractivity contribution is 7.93. The van der Waals surface area contributed by atoms with Crippen molar-refractivity contribution in [3.05, 3.63) is 66.2 Å². The number of anilines is 1. The maximum atomic E-state index is 13.2. The van der Waals surface area contributed by atoms with Crippen molar-refractivity contribution < 1.29 is 22.7 Å². The van der Waals surface area contributed by atoms with E-state index < -0.39 is 21.9 Å². The van der Waals surface area contributed by atoms with Crippen LogP contribution in [0.5, 0.6) is 5.75 Å². The topological polar surface area (TPSA) is 80.8 Å². The molecule has 1 amide bonds. The lowest BCUT2D eigenvalue weighted by atomic mass is 10.1. The molecule has 0 aliphatic heterocycles. The largest absolute Gasteiger partial charge is 0.426 e. The number of esters is 1. The van der Waals surface area contributed by atoms with Crippen molar-refractivity contribution in [2.24, 2.45) is 0 Å². The molecular weight excluding hydrogens is 378 g/mol. The van der Waals surface area contributed by atoms with Crippen LogP contribution in [-0.4, -0.2) is 20.3 Å². The lowest BCUT2D eigenvalue weighted by Gasteiger charge is -2.23. The van der Waals surface area contributed by atoms with Crippen molar-refractivity contribution in [2.45, 2.75) is 25.7 Å². The zero-order chi connectivity index (χ0) is 20.5. The van der Waals surface area contributed by atoms with Gasteiger partial charge >= 0.3 is 5.97 Å². The van der Waals surface area contributed by atoms with Crippen LogP contribution >= 0.6 is 0 Å². The number of nitrogens with zero attached hydrogens (tertiary/aromatic N) is 1. The highest BCUT2D eigenvalue weighted by atomic mass is 32.2. The van der Waals surface area contributed by atoms with Gasteiger partial charge in [0.1, 0.15) is 5.75 Å². The molecule has 0 atom stereocenters. The number of rotatable bonds is 4. The Morgan fingerprint density at radius 3 is 2.04 bits per heavy atom. The van der Waals surface area contributed by atoms with Gasteiger partial charge in [-0.05, 0) is 31.2 Å². The van der Waals surface area contributed by atoms with Gasteiger partial charge in [-0.25, -0.2) is 12.7 Å². The van der Waals surface area contributed by atoms with E-state index in [1.54, 1.807) is 36.4 Å². The van der Waals surface area contributed by atoms with E-state index in [1.807, 2.05) is 6.92 Å². The summed E-state index contributed by atoms with van der Waals surface area (Å²) in [4.78, 5) is 23.8. The van der Waals surface area contributed by atoms with Crippen LogP contribution in [0.4, 0.5) is 5.69 Å². The molecule has 0 saturated heterocycles. The Kier molecular flexibility index (Phi) is 5.20. The number of ether oxygens (including phenoxy) is 1. The molecule has 0 radical (unpaired) electrons. The Bertz CT molecular complexity index is 1170. The van der Waals surface area contributed by atoms with Crippen LogP contribution in [0.3, 0.4) is 0 Å². The van der Waals surface area contributed by atoms with E-state index in [2.05, 4.69) is 0 Å². The maximum absolute atomic E-state index is 13.2. The second-order valence-corrected chi connectivity index (χ2v) is 8.11. The number of carbonyl (C=O) groups is 2. The number of sulfonamides is 1. The molecule has 6 nitrogen and oxygen atoms in total. The van der Waals surface area contributed by atoms with Crippen molar-refractivity contribution in [2.75, 3.05) is 4.31 Å². The molecule has 0 fully saturated rings. The molecule has 0 saturated carbocycles. The SMILES string of the molecule is CC(=O)Oc1ccc(N(C(C)=O)S(=O)(=O)c2ccc(C)cc2)c2ccccc12. The normalized spacial score (nSPS) is 11.2. The van der Waals surface area contributed by atoms with Crippen molar-refractivity contribution in [1.82, 2.24) is 0 Å². The summed E-state index contributed by atoms with van der Waals surface area (Å²) in [6.07, 6.45) is 0. The van der Waals surface area contributed by atoms with Crippen LogP contribution in [0.15, 0.2) is 65.6 Å². The number of hydrogen-bond acceptors (Lipinski definition) is 5. The van der Waals surface area contributed by atoms with Gasteiger partial charge in [0.05, 0.1) is 10.6 Å². The van der Waals surface area contributed by atoms with Gasteiger partial charge in [-0.2, -0.15) is 0 Å². The van der Waals surface area contributed by atoms with Gasteiger partial charge in [0.15, 0.2) is 0 Å². The van der Waals surface area contributed by atoms with Crippen LogP contribution in [-0.2, 0) is 19.6 Å². The fraction of sp³-hybridized carbons (Fsp3) is 0.143. The first-order chi connectivity index (χ1) is 13.2. The van der Waals surface area contributed by atoms with E-state index in [-0.39, 0.29) is 10.6 Å². The molecule has 0 spiro atoms. The number of aryl methyl sites for hydroxylation is 1. The molecule has 0 aliphatic rings. The summed E-state index contributed by atoms with van der Waals surface area (Å²) in [5.41, 5.74) is 1.10. The molecule has 3 aromatic carbocycles. The summed E-state index contributed by atoms with van der Waals surface area (Å²) < 4.78 is 32.4. The number of amides is 1. The van der Waals surface area contributed by atoms with Gasteiger partial charge in [0, 0.05) is 24.6 Å². The molecule has 0 aliphatic carbocycles. The standard InChI is InChI=1S/C21H19NO5S/c1-14-8-10-17(11-9-14)28(25,26)22(15(2)23)20-12-13-21(27-16(3)24)19-7-5-4-6-18(19)20/h4-13H,1-3H3. The minimum Gasteiger partial charge on any atom is -0.426 e. The molecule has 7 heteroatoms. The Morgan fingerprint density at radius 2 is 1.46 bits per heavy atom. The fourth-order valence-electron chi connectivity index (χ4n) is 2.96. The number of carbonyl (C=O) groups excluding carboxylic acids is 2. The monoisotopic (exact) mass is 397 g/mol. The third kappa shape index (κ3) is 3.61. The van der Waals surface area contributed by atoms with E-state index in [1.165, 1.54) is 38.1 Å². The van der Waals surface area contributed by atoms with Crippen molar-refractivity contribution in [3.63, 3.8) is 0 Å². The molecule has 28 heavy (non-hydrogen) atoms. The minimum atomic E-state index is -4.12. The summed E-state index contributed by atoms with van der Waals surface area (Å²) in [7, 11) is -4.12. The van der Waals surface area contributed by atoms with Crippen LogP contribution in [0.1, 0.15) is 19.4 Å². The van der Waals surface area contributed by atoms with Crippen LogP contribution in [0, 0.1) is 6.92 Å². The second-order valence-electron chi connectivity index (χ2n) is 6.32. The molecule has 0 heterocycles. The van der Waals surface area contributed by atoms with Crippen molar-refractivity contribution in [3.8, 4) is 5.75 Å². The van der Waals surface area contributed by atoms with E-state index in [0.29, 0.717) is 16.5 Å². The molecule has 0 bridgehead atoms. The summed E-state index contributed by atoms with van der Waals surface area (Å²) >= 11 is 0. The van der Waals surface area contributed by atoms with Gasteiger partial charge in [-0.3, -0.25) is 9.59 Å². The minimum absolute atomic E-state index is 0.0152. The summed E-state index contributed by atoms with van der Waals surface area (Å²) in [5.74, 6) is -0.845. The second kappa shape index (κ2) is 7.44. The van der Waals surface area contributed by atoms with E-state index in [0.717, 1.165) is 9.87 Å². The van der Waals surface area contributed by atoms with Crippen molar-refractivity contribution in [1.29, 1.82) is 0 Å². The Labute approximate surface area is 163 Å². The molecule has 0 unspecified atom stereocenters. The molecular formula is C21H19NO5S. The Morgan fingerprint density at radius 1 is 0.857 bits per heavy atom. The van der Waals surface area contributed by atoms with E-state index >= 15 is 0 Å².